The van der Waals surface area contributed by atoms with Gasteiger partial charge in [0, 0.05) is 44.0 Å². The Balaban J connectivity index is 1.44. The van der Waals surface area contributed by atoms with E-state index in [1.807, 2.05) is 0 Å². The molecule has 2 fully saturated rings. The molecule has 0 atom stereocenters. The number of amides is 1. The highest BCUT2D eigenvalue weighted by atomic mass is 19.4. The first kappa shape index (κ1) is 19.9. The van der Waals surface area contributed by atoms with Crippen molar-refractivity contribution in [3.63, 3.8) is 0 Å². The van der Waals surface area contributed by atoms with Crippen LogP contribution in [0.15, 0.2) is 24.3 Å². The minimum absolute atomic E-state index is 0.231. The molecule has 2 aliphatic rings. The van der Waals surface area contributed by atoms with Crippen LogP contribution < -0.4 is 10.1 Å². The molecule has 0 unspecified atom stereocenters. The average Bonchev–Trinajstić information content (AvgIpc) is 2.62. The number of alkyl halides is 3. The maximum Gasteiger partial charge on any atom is 0.573 e. The third-order valence-corrected chi connectivity index (χ3v) is 5.22. The van der Waals surface area contributed by atoms with Gasteiger partial charge in [-0.2, -0.15) is 0 Å². The molecule has 3 rings (SSSR count). The number of piperazine rings is 1. The van der Waals surface area contributed by atoms with Gasteiger partial charge in [0.25, 0.3) is 0 Å². The van der Waals surface area contributed by atoms with Crippen LogP contribution in [-0.2, 0) is 4.79 Å². The van der Waals surface area contributed by atoms with E-state index in [4.69, 9.17) is 0 Å². The number of anilines is 1. The topological polar surface area (TPSA) is 44.8 Å². The van der Waals surface area contributed by atoms with Crippen LogP contribution in [0.4, 0.5) is 18.9 Å². The predicted molar refractivity (Wildman–Crippen MR) is 96.6 cm³/mol. The summed E-state index contributed by atoms with van der Waals surface area (Å²) >= 11 is 0. The van der Waals surface area contributed by atoms with Crippen LogP contribution >= 0.6 is 0 Å². The predicted octanol–water partition coefficient (Wildman–Crippen LogP) is 3.47. The molecule has 0 spiro atoms. The highest BCUT2D eigenvalue weighted by Gasteiger charge is 2.31. The summed E-state index contributed by atoms with van der Waals surface area (Å²) in [5.41, 5.74) is 0.294. The second-order valence-electron chi connectivity index (χ2n) is 7.23. The van der Waals surface area contributed by atoms with Crippen LogP contribution in [0.3, 0.4) is 0 Å². The largest absolute Gasteiger partial charge is 0.573 e. The lowest BCUT2D eigenvalue weighted by atomic mass is 9.94. The molecule has 1 aliphatic heterocycles. The molecular weight excluding hydrogens is 359 g/mol. The van der Waals surface area contributed by atoms with Gasteiger partial charge in [-0.25, -0.2) is 0 Å². The molecule has 1 aromatic carbocycles. The van der Waals surface area contributed by atoms with Crippen molar-refractivity contribution in [1.29, 1.82) is 0 Å². The van der Waals surface area contributed by atoms with Crippen molar-refractivity contribution < 1.29 is 22.7 Å². The van der Waals surface area contributed by atoms with Crippen molar-refractivity contribution in [3.8, 4) is 5.75 Å². The lowest BCUT2D eigenvalue weighted by molar-refractivity contribution is -0.274. The molecule has 1 saturated heterocycles. The minimum atomic E-state index is -4.75. The van der Waals surface area contributed by atoms with Gasteiger partial charge in [-0.05, 0) is 25.0 Å². The molecule has 0 bridgehead atoms. The maximum atomic E-state index is 12.3. The molecule has 1 aromatic rings. The van der Waals surface area contributed by atoms with E-state index in [0.29, 0.717) is 11.7 Å². The number of hydrogen-bond donors (Lipinski definition) is 1. The van der Waals surface area contributed by atoms with Gasteiger partial charge in [0.05, 0.1) is 6.54 Å². The number of nitrogens with one attached hydrogen (secondary N) is 1. The van der Waals surface area contributed by atoms with Gasteiger partial charge in [-0.15, -0.1) is 13.2 Å². The summed E-state index contributed by atoms with van der Waals surface area (Å²) in [5, 5.41) is 2.65. The van der Waals surface area contributed by atoms with Crippen molar-refractivity contribution in [3.05, 3.63) is 24.3 Å². The zero-order valence-electron chi connectivity index (χ0n) is 15.3. The van der Waals surface area contributed by atoms with Crippen LogP contribution in [0.25, 0.3) is 0 Å². The van der Waals surface area contributed by atoms with Gasteiger partial charge in [-0.3, -0.25) is 14.6 Å². The van der Waals surface area contributed by atoms with E-state index in [9.17, 15) is 18.0 Å². The van der Waals surface area contributed by atoms with Crippen LogP contribution in [0, 0.1) is 0 Å². The second-order valence-corrected chi connectivity index (χ2v) is 7.23. The normalized spacial score (nSPS) is 20.4. The number of ether oxygens (including phenoxy) is 1. The SMILES string of the molecule is O=C(CN1CCN(C2CCCCC2)CC1)Nc1cccc(OC(F)(F)F)c1. The lowest BCUT2D eigenvalue weighted by Crippen LogP contribution is -2.52. The minimum Gasteiger partial charge on any atom is -0.406 e. The van der Waals surface area contributed by atoms with E-state index in [0.717, 1.165) is 26.2 Å². The Morgan fingerprint density at radius 2 is 1.81 bits per heavy atom. The van der Waals surface area contributed by atoms with Crippen molar-refractivity contribution >= 4 is 11.6 Å². The molecule has 150 valence electrons. The molecule has 1 heterocycles. The summed E-state index contributed by atoms with van der Waals surface area (Å²) in [6.45, 7) is 3.84. The third-order valence-electron chi connectivity index (χ3n) is 5.22. The molecule has 1 N–H and O–H groups in total. The molecule has 0 aromatic heterocycles. The fourth-order valence-corrected chi connectivity index (χ4v) is 3.91. The fraction of sp³-hybridized carbons (Fsp3) is 0.632. The van der Waals surface area contributed by atoms with E-state index in [1.54, 1.807) is 6.07 Å². The van der Waals surface area contributed by atoms with E-state index < -0.39 is 6.36 Å². The van der Waals surface area contributed by atoms with Gasteiger partial charge in [-0.1, -0.05) is 25.3 Å². The van der Waals surface area contributed by atoms with Crippen LogP contribution in [-0.4, -0.2) is 60.8 Å². The Kier molecular flexibility index (Phi) is 6.59. The monoisotopic (exact) mass is 385 g/mol. The van der Waals surface area contributed by atoms with Crippen LogP contribution in [0.2, 0.25) is 0 Å². The Bertz CT molecular complexity index is 625. The molecule has 5 nitrogen and oxygen atoms in total. The number of rotatable bonds is 5. The summed E-state index contributed by atoms with van der Waals surface area (Å²) in [4.78, 5) is 16.9. The Morgan fingerprint density at radius 1 is 1.11 bits per heavy atom. The Labute approximate surface area is 157 Å². The molecule has 1 amide bonds. The van der Waals surface area contributed by atoms with Gasteiger partial charge in [0.2, 0.25) is 5.91 Å². The zero-order chi connectivity index (χ0) is 19.3. The first-order valence-corrected chi connectivity index (χ1v) is 9.51. The average molecular weight is 385 g/mol. The number of benzene rings is 1. The van der Waals surface area contributed by atoms with E-state index in [-0.39, 0.29) is 18.2 Å². The zero-order valence-corrected chi connectivity index (χ0v) is 15.3. The summed E-state index contributed by atoms with van der Waals surface area (Å²) < 4.78 is 40.7. The van der Waals surface area contributed by atoms with Crippen molar-refractivity contribution in [2.24, 2.45) is 0 Å². The maximum absolute atomic E-state index is 12.3. The van der Waals surface area contributed by atoms with E-state index in [2.05, 4.69) is 19.9 Å². The molecule has 8 heteroatoms. The molecule has 1 saturated carbocycles. The summed E-state index contributed by atoms with van der Waals surface area (Å²) in [5.74, 6) is -0.577. The molecule has 1 aliphatic carbocycles. The van der Waals surface area contributed by atoms with Gasteiger partial charge < -0.3 is 10.1 Å². The summed E-state index contributed by atoms with van der Waals surface area (Å²) in [6.07, 6.45) is 1.76. The Morgan fingerprint density at radius 3 is 2.48 bits per heavy atom. The van der Waals surface area contributed by atoms with E-state index in [1.165, 1.54) is 50.3 Å². The van der Waals surface area contributed by atoms with E-state index >= 15 is 0 Å². The highest BCUT2D eigenvalue weighted by Crippen LogP contribution is 2.25. The fourth-order valence-electron chi connectivity index (χ4n) is 3.91. The first-order valence-electron chi connectivity index (χ1n) is 9.51. The third kappa shape index (κ3) is 6.39. The molecular formula is C19H26F3N3O2. The first-order chi connectivity index (χ1) is 12.9. The van der Waals surface area contributed by atoms with Crippen molar-refractivity contribution in [1.82, 2.24) is 9.80 Å². The summed E-state index contributed by atoms with van der Waals surface area (Å²) in [6, 6.07) is 6.02. The standard InChI is InChI=1S/C19H26F3N3O2/c20-19(21,22)27-17-8-4-5-15(13-17)23-18(26)14-24-9-11-25(12-10-24)16-6-2-1-3-7-16/h4-5,8,13,16H,1-3,6-7,9-12,14H2,(H,23,26). The van der Waals surface area contributed by atoms with Crippen molar-refractivity contribution in [2.75, 3.05) is 38.0 Å². The molecule has 0 radical (unpaired) electrons. The van der Waals surface area contributed by atoms with Gasteiger partial charge >= 0.3 is 6.36 Å². The smallest absolute Gasteiger partial charge is 0.406 e. The quantitative estimate of drug-likeness (QED) is 0.843. The summed E-state index contributed by atoms with van der Waals surface area (Å²) in [7, 11) is 0. The lowest BCUT2D eigenvalue weighted by Gasteiger charge is -2.40. The van der Waals surface area contributed by atoms with Gasteiger partial charge in [0.1, 0.15) is 5.75 Å². The number of carbonyl (C=O) groups excluding carboxylic acids is 1. The second kappa shape index (κ2) is 8.93. The Hall–Kier alpha value is -1.80. The number of halogens is 3. The highest BCUT2D eigenvalue weighted by molar-refractivity contribution is 5.92. The molecule has 27 heavy (non-hydrogen) atoms. The van der Waals surface area contributed by atoms with Crippen LogP contribution in [0.5, 0.6) is 5.75 Å². The number of hydrogen-bond acceptors (Lipinski definition) is 4. The van der Waals surface area contributed by atoms with Gasteiger partial charge in [0.15, 0.2) is 0 Å². The van der Waals surface area contributed by atoms with Crippen molar-refractivity contribution in [2.45, 2.75) is 44.5 Å². The number of nitrogens with zero attached hydrogens (tertiary/aromatic N) is 2. The van der Waals surface area contributed by atoms with Crippen LogP contribution in [0.1, 0.15) is 32.1 Å². The number of carbonyl (C=O) groups is 1.